The molecule has 0 bridgehead atoms. The SMILES string of the molecule is CCCCCCCCCCCCOc1ccccc1C.O=C(O)[C@@H]1CCCN1C(=O)OCc1ccccc1. The largest absolute Gasteiger partial charge is 0.493 e. The van der Waals surface area contributed by atoms with Crippen LogP contribution in [0.4, 0.5) is 4.79 Å². The third-order valence-corrected chi connectivity index (χ3v) is 6.83. The number of carbonyl (C=O) groups is 2. The number of aliphatic carboxylic acids is 1. The minimum atomic E-state index is -0.968. The summed E-state index contributed by atoms with van der Waals surface area (Å²) in [5, 5.41) is 8.97. The van der Waals surface area contributed by atoms with Crippen LogP contribution >= 0.6 is 0 Å². The van der Waals surface area contributed by atoms with E-state index in [1.165, 1.54) is 74.7 Å². The van der Waals surface area contributed by atoms with Crippen molar-refractivity contribution in [3.8, 4) is 5.75 Å². The van der Waals surface area contributed by atoms with Gasteiger partial charge in [0.1, 0.15) is 18.4 Å². The van der Waals surface area contributed by atoms with Crippen molar-refractivity contribution >= 4 is 12.1 Å². The molecule has 1 aliphatic heterocycles. The molecule has 6 nitrogen and oxygen atoms in total. The lowest BCUT2D eigenvalue weighted by Gasteiger charge is -2.20. The van der Waals surface area contributed by atoms with Crippen molar-refractivity contribution in [3.05, 3.63) is 65.7 Å². The monoisotopic (exact) mass is 525 g/mol. The smallest absolute Gasteiger partial charge is 0.410 e. The van der Waals surface area contributed by atoms with Crippen LogP contribution in [0.1, 0.15) is 95.1 Å². The minimum absolute atomic E-state index is 0.169. The predicted molar refractivity (Wildman–Crippen MR) is 153 cm³/mol. The molecule has 1 N–H and O–H groups in total. The Hall–Kier alpha value is -3.02. The lowest BCUT2D eigenvalue weighted by Crippen LogP contribution is -2.40. The molecule has 2 aromatic carbocycles. The fourth-order valence-electron chi connectivity index (χ4n) is 4.53. The molecule has 1 atom stereocenters. The first-order valence-electron chi connectivity index (χ1n) is 14.4. The first kappa shape index (κ1) is 31.2. The van der Waals surface area contributed by atoms with E-state index >= 15 is 0 Å². The number of hydrogen-bond donors (Lipinski definition) is 1. The predicted octanol–water partition coefficient (Wildman–Crippen LogP) is 8.17. The summed E-state index contributed by atoms with van der Waals surface area (Å²) in [6.45, 7) is 5.86. The fourth-order valence-corrected chi connectivity index (χ4v) is 4.53. The molecule has 6 heteroatoms. The summed E-state index contributed by atoms with van der Waals surface area (Å²) in [5.41, 5.74) is 2.12. The third kappa shape index (κ3) is 12.5. The maximum absolute atomic E-state index is 11.8. The van der Waals surface area contributed by atoms with Gasteiger partial charge in [0.25, 0.3) is 0 Å². The summed E-state index contributed by atoms with van der Waals surface area (Å²) in [7, 11) is 0. The Morgan fingerprint density at radius 1 is 0.868 bits per heavy atom. The summed E-state index contributed by atoms with van der Waals surface area (Å²) >= 11 is 0. The van der Waals surface area contributed by atoms with Gasteiger partial charge in [-0.05, 0) is 43.4 Å². The van der Waals surface area contributed by atoms with Crippen LogP contribution in [0.2, 0.25) is 0 Å². The summed E-state index contributed by atoms with van der Waals surface area (Å²) in [5.74, 6) is 0.0765. The molecule has 1 amide bonds. The van der Waals surface area contributed by atoms with Crippen LogP contribution < -0.4 is 4.74 Å². The number of carboxylic acids is 1. The van der Waals surface area contributed by atoms with Gasteiger partial charge in [-0.3, -0.25) is 4.90 Å². The van der Waals surface area contributed by atoms with Gasteiger partial charge in [0.2, 0.25) is 0 Å². The first-order valence-corrected chi connectivity index (χ1v) is 14.4. The van der Waals surface area contributed by atoms with Gasteiger partial charge in [-0.2, -0.15) is 0 Å². The van der Waals surface area contributed by atoms with Gasteiger partial charge in [-0.15, -0.1) is 0 Å². The molecular formula is C32H47NO5. The van der Waals surface area contributed by atoms with E-state index in [0.29, 0.717) is 19.4 Å². The van der Waals surface area contributed by atoms with Crippen molar-refractivity contribution < 1.29 is 24.2 Å². The van der Waals surface area contributed by atoms with Crippen molar-refractivity contribution in [1.29, 1.82) is 0 Å². The molecule has 0 aliphatic carbocycles. The Labute approximate surface area is 229 Å². The van der Waals surface area contributed by atoms with Gasteiger partial charge in [0.05, 0.1) is 6.61 Å². The first-order chi connectivity index (χ1) is 18.5. The van der Waals surface area contributed by atoms with Crippen LogP contribution in [0.15, 0.2) is 54.6 Å². The Kier molecular flexibility index (Phi) is 15.7. The van der Waals surface area contributed by atoms with E-state index in [1.807, 2.05) is 36.4 Å². The lowest BCUT2D eigenvalue weighted by atomic mass is 10.1. The highest BCUT2D eigenvalue weighted by Crippen LogP contribution is 2.19. The topological polar surface area (TPSA) is 76.1 Å². The normalized spacial score (nSPS) is 14.5. The average molecular weight is 526 g/mol. The molecule has 1 fully saturated rings. The molecule has 0 unspecified atom stereocenters. The van der Waals surface area contributed by atoms with E-state index < -0.39 is 18.1 Å². The molecule has 0 aromatic heterocycles. The van der Waals surface area contributed by atoms with Gasteiger partial charge in [-0.1, -0.05) is 113 Å². The highest BCUT2D eigenvalue weighted by Gasteiger charge is 2.34. The zero-order valence-electron chi connectivity index (χ0n) is 23.4. The third-order valence-electron chi connectivity index (χ3n) is 6.83. The van der Waals surface area contributed by atoms with E-state index in [1.54, 1.807) is 0 Å². The summed E-state index contributed by atoms with van der Waals surface area (Å²) in [6.07, 6.45) is 14.4. The second kappa shape index (κ2) is 19.1. The van der Waals surface area contributed by atoms with Gasteiger partial charge in [0.15, 0.2) is 0 Å². The maximum atomic E-state index is 11.8. The number of likely N-dealkylation sites (tertiary alicyclic amines) is 1. The molecule has 210 valence electrons. The van der Waals surface area contributed by atoms with Gasteiger partial charge >= 0.3 is 12.1 Å². The molecule has 1 saturated heterocycles. The number of rotatable bonds is 15. The number of aryl methyl sites for hydroxylation is 1. The molecule has 1 heterocycles. The molecule has 0 radical (unpaired) electrons. The zero-order chi connectivity index (χ0) is 27.4. The molecule has 2 aromatic rings. The zero-order valence-corrected chi connectivity index (χ0v) is 23.4. The number of amides is 1. The average Bonchev–Trinajstić information content (AvgIpc) is 3.43. The standard InChI is InChI=1S/C19H32O.C13H15NO4/c1-3-4-5-6-7-8-9-10-11-14-17-20-19-16-13-12-15-18(19)2;15-12(16)11-7-4-8-14(11)13(17)18-9-10-5-2-1-3-6-10/h12-13,15-16H,3-11,14,17H2,1-2H3;1-3,5-6,11H,4,7-9H2,(H,15,16)/t;11-/m.0/s1. The number of carbonyl (C=O) groups excluding carboxylic acids is 1. The molecule has 38 heavy (non-hydrogen) atoms. The van der Waals surface area contributed by atoms with Crippen molar-refractivity contribution in [1.82, 2.24) is 4.90 Å². The van der Waals surface area contributed by atoms with Crippen molar-refractivity contribution in [2.45, 2.75) is 104 Å². The summed E-state index contributed by atoms with van der Waals surface area (Å²) in [4.78, 5) is 24.0. The van der Waals surface area contributed by atoms with Crippen LogP contribution in [0.5, 0.6) is 5.75 Å². The molecule has 1 aliphatic rings. The summed E-state index contributed by atoms with van der Waals surface area (Å²) in [6, 6.07) is 16.8. The van der Waals surface area contributed by atoms with Gasteiger partial charge in [-0.25, -0.2) is 9.59 Å². The van der Waals surface area contributed by atoms with Crippen LogP contribution in [-0.4, -0.2) is 41.3 Å². The number of ether oxygens (including phenoxy) is 2. The number of hydrogen-bond acceptors (Lipinski definition) is 4. The highest BCUT2D eigenvalue weighted by molar-refractivity contribution is 5.80. The fraction of sp³-hybridized carbons (Fsp3) is 0.562. The number of carboxylic acid groups (broad SMARTS) is 1. The summed E-state index contributed by atoms with van der Waals surface area (Å²) < 4.78 is 10.9. The van der Waals surface area contributed by atoms with Crippen molar-refractivity contribution in [2.24, 2.45) is 0 Å². The van der Waals surface area contributed by atoms with Crippen molar-refractivity contribution in [2.75, 3.05) is 13.2 Å². The lowest BCUT2D eigenvalue weighted by molar-refractivity contribution is -0.141. The second-order valence-corrected chi connectivity index (χ2v) is 10.0. The molecule has 0 saturated carbocycles. The van der Waals surface area contributed by atoms with E-state index in [9.17, 15) is 9.59 Å². The minimum Gasteiger partial charge on any atom is -0.493 e. The molecule has 0 spiro atoms. The number of para-hydroxylation sites is 1. The van der Waals surface area contributed by atoms with Gasteiger partial charge in [0, 0.05) is 6.54 Å². The number of unbranched alkanes of at least 4 members (excludes halogenated alkanes) is 9. The molecular weight excluding hydrogens is 478 g/mol. The number of nitrogens with zero attached hydrogens (tertiary/aromatic N) is 1. The Morgan fingerprint density at radius 2 is 1.47 bits per heavy atom. The second-order valence-electron chi connectivity index (χ2n) is 10.0. The Bertz CT molecular complexity index is 917. The quantitative estimate of drug-likeness (QED) is 0.237. The van der Waals surface area contributed by atoms with Gasteiger partial charge < -0.3 is 14.6 Å². The van der Waals surface area contributed by atoms with E-state index in [-0.39, 0.29) is 6.61 Å². The van der Waals surface area contributed by atoms with Crippen LogP contribution in [0.3, 0.4) is 0 Å². The maximum Gasteiger partial charge on any atom is 0.410 e. The van der Waals surface area contributed by atoms with Crippen LogP contribution in [0, 0.1) is 6.92 Å². The van der Waals surface area contributed by atoms with E-state index in [2.05, 4.69) is 32.0 Å². The van der Waals surface area contributed by atoms with Crippen LogP contribution in [-0.2, 0) is 16.1 Å². The molecule has 3 rings (SSSR count). The van der Waals surface area contributed by atoms with Crippen molar-refractivity contribution in [3.63, 3.8) is 0 Å². The Morgan fingerprint density at radius 3 is 2.11 bits per heavy atom. The van der Waals surface area contributed by atoms with E-state index in [0.717, 1.165) is 17.9 Å². The van der Waals surface area contributed by atoms with Crippen LogP contribution in [0.25, 0.3) is 0 Å². The Balaban J connectivity index is 0.000000268. The number of benzene rings is 2. The highest BCUT2D eigenvalue weighted by atomic mass is 16.6. The van der Waals surface area contributed by atoms with E-state index in [4.69, 9.17) is 14.6 Å².